The van der Waals surface area contributed by atoms with Crippen LogP contribution in [0, 0.1) is 0 Å². The van der Waals surface area contributed by atoms with Gasteiger partial charge in [-0.2, -0.15) is 0 Å². The second kappa shape index (κ2) is 3.34. The molecule has 1 heterocycles. The standard InChI is InChI=1S/C12H9O2P/c13-15-12-8-4-2-6-10(12)9-5-1-3-7-11(9)14-15/h1-8,13H. The third-order valence-electron chi connectivity index (χ3n) is 2.47. The van der Waals surface area contributed by atoms with Crippen molar-refractivity contribution in [3.63, 3.8) is 0 Å². The Balaban J connectivity index is 2.30. The van der Waals surface area contributed by atoms with E-state index in [4.69, 9.17) is 4.52 Å². The number of hydrogen-bond donors (Lipinski definition) is 1. The minimum absolute atomic E-state index is 0.768. The summed E-state index contributed by atoms with van der Waals surface area (Å²) in [6.45, 7) is 0. The van der Waals surface area contributed by atoms with E-state index in [1.165, 1.54) is 0 Å². The van der Waals surface area contributed by atoms with E-state index < -0.39 is 8.38 Å². The number of para-hydroxylation sites is 1. The number of rotatable bonds is 0. The van der Waals surface area contributed by atoms with Gasteiger partial charge in [-0.1, -0.05) is 36.4 Å². The van der Waals surface area contributed by atoms with E-state index in [-0.39, 0.29) is 0 Å². The first-order valence-corrected chi connectivity index (χ1v) is 5.93. The van der Waals surface area contributed by atoms with Gasteiger partial charge in [-0.05, 0) is 17.7 Å². The van der Waals surface area contributed by atoms with Crippen LogP contribution in [0.4, 0.5) is 0 Å². The lowest BCUT2D eigenvalue weighted by Gasteiger charge is -2.23. The molecule has 0 saturated carbocycles. The topological polar surface area (TPSA) is 29.5 Å². The van der Waals surface area contributed by atoms with Gasteiger partial charge in [0.15, 0.2) is 0 Å². The van der Waals surface area contributed by atoms with Gasteiger partial charge < -0.3 is 9.42 Å². The van der Waals surface area contributed by atoms with Crippen molar-refractivity contribution in [2.75, 3.05) is 0 Å². The third-order valence-corrected chi connectivity index (χ3v) is 3.64. The van der Waals surface area contributed by atoms with Gasteiger partial charge in [-0.25, -0.2) is 0 Å². The number of fused-ring (bicyclic) bond motifs is 3. The quantitative estimate of drug-likeness (QED) is 0.686. The van der Waals surface area contributed by atoms with Crippen molar-refractivity contribution in [3.8, 4) is 16.9 Å². The van der Waals surface area contributed by atoms with Crippen LogP contribution in [0.2, 0.25) is 0 Å². The molecule has 1 unspecified atom stereocenters. The molecule has 1 aliphatic heterocycles. The van der Waals surface area contributed by atoms with Crippen molar-refractivity contribution in [1.29, 1.82) is 0 Å². The molecule has 0 bridgehead atoms. The van der Waals surface area contributed by atoms with Crippen LogP contribution >= 0.6 is 8.38 Å². The molecule has 2 aromatic rings. The Morgan fingerprint density at radius 1 is 0.867 bits per heavy atom. The molecule has 1 N–H and O–H groups in total. The predicted octanol–water partition coefficient (Wildman–Crippen LogP) is 2.68. The molecule has 2 nitrogen and oxygen atoms in total. The third kappa shape index (κ3) is 1.34. The molecular formula is C12H9O2P. The fraction of sp³-hybridized carbons (Fsp3) is 0. The molecule has 0 amide bonds. The van der Waals surface area contributed by atoms with Crippen molar-refractivity contribution >= 4 is 13.7 Å². The SMILES string of the molecule is OP1Oc2ccccc2-c2ccccc21. The van der Waals surface area contributed by atoms with Gasteiger partial charge >= 0.3 is 0 Å². The highest BCUT2D eigenvalue weighted by molar-refractivity contribution is 7.55. The summed E-state index contributed by atoms with van der Waals surface area (Å²) in [5.41, 5.74) is 2.13. The summed E-state index contributed by atoms with van der Waals surface area (Å²) in [6.07, 6.45) is 0. The molecular weight excluding hydrogens is 207 g/mol. The largest absolute Gasteiger partial charge is 0.443 e. The van der Waals surface area contributed by atoms with E-state index in [1.54, 1.807) is 0 Å². The maximum absolute atomic E-state index is 9.85. The normalized spacial score (nSPS) is 17.5. The molecule has 0 spiro atoms. The van der Waals surface area contributed by atoms with Crippen LogP contribution in [0.1, 0.15) is 0 Å². The molecule has 0 radical (unpaired) electrons. The van der Waals surface area contributed by atoms with Crippen molar-refractivity contribution in [2.45, 2.75) is 0 Å². The van der Waals surface area contributed by atoms with Crippen molar-refractivity contribution in [2.24, 2.45) is 0 Å². The fourth-order valence-corrected chi connectivity index (χ4v) is 2.84. The van der Waals surface area contributed by atoms with E-state index in [0.29, 0.717) is 0 Å². The summed E-state index contributed by atoms with van der Waals surface area (Å²) in [5.74, 6) is 0.768. The minimum Gasteiger partial charge on any atom is -0.443 e. The zero-order chi connectivity index (χ0) is 10.3. The van der Waals surface area contributed by atoms with Crippen LogP contribution in [0.25, 0.3) is 11.1 Å². The van der Waals surface area contributed by atoms with Crippen LogP contribution in [0.5, 0.6) is 5.75 Å². The minimum atomic E-state index is -1.49. The van der Waals surface area contributed by atoms with Gasteiger partial charge in [0.25, 0.3) is 8.38 Å². The Morgan fingerprint density at radius 2 is 1.53 bits per heavy atom. The lowest BCUT2D eigenvalue weighted by Crippen LogP contribution is -2.13. The van der Waals surface area contributed by atoms with E-state index in [2.05, 4.69) is 0 Å². The molecule has 1 atom stereocenters. The Bertz CT molecular complexity index is 510. The second-order valence-electron chi connectivity index (χ2n) is 3.38. The first-order chi connectivity index (χ1) is 7.36. The molecule has 74 valence electrons. The van der Waals surface area contributed by atoms with Crippen LogP contribution in [-0.4, -0.2) is 4.89 Å². The summed E-state index contributed by atoms with van der Waals surface area (Å²) in [6, 6.07) is 15.6. The summed E-state index contributed by atoms with van der Waals surface area (Å²) in [7, 11) is -1.49. The lowest BCUT2D eigenvalue weighted by atomic mass is 10.0. The monoisotopic (exact) mass is 216 g/mol. The van der Waals surface area contributed by atoms with E-state index >= 15 is 0 Å². The van der Waals surface area contributed by atoms with Gasteiger partial charge in [-0.3, -0.25) is 0 Å². The summed E-state index contributed by atoms with van der Waals surface area (Å²) in [5, 5.41) is 0.895. The van der Waals surface area contributed by atoms with Crippen molar-refractivity contribution in [1.82, 2.24) is 0 Å². The van der Waals surface area contributed by atoms with Gasteiger partial charge in [0.1, 0.15) is 5.75 Å². The van der Waals surface area contributed by atoms with Crippen LogP contribution in [-0.2, 0) is 0 Å². The summed E-state index contributed by atoms with van der Waals surface area (Å²) < 4.78 is 5.48. The van der Waals surface area contributed by atoms with E-state index in [9.17, 15) is 4.89 Å². The molecule has 0 saturated heterocycles. The highest BCUT2D eigenvalue weighted by Gasteiger charge is 2.24. The van der Waals surface area contributed by atoms with Crippen LogP contribution < -0.4 is 9.83 Å². The Morgan fingerprint density at radius 3 is 2.40 bits per heavy atom. The average Bonchev–Trinajstić information content (AvgIpc) is 2.30. The van der Waals surface area contributed by atoms with Gasteiger partial charge in [0.2, 0.25) is 0 Å². The summed E-state index contributed by atoms with van der Waals surface area (Å²) >= 11 is 0. The van der Waals surface area contributed by atoms with Crippen molar-refractivity contribution < 1.29 is 9.42 Å². The Kier molecular flexibility index (Phi) is 1.98. The van der Waals surface area contributed by atoms with Gasteiger partial charge in [0.05, 0.1) is 5.30 Å². The first-order valence-electron chi connectivity index (χ1n) is 4.72. The average molecular weight is 216 g/mol. The van der Waals surface area contributed by atoms with Crippen molar-refractivity contribution in [3.05, 3.63) is 48.5 Å². The van der Waals surface area contributed by atoms with Gasteiger partial charge in [-0.15, -0.1) is 0 Å². The zero-order valence-electron chi connectivity index (χ0n) is 7.92. The first kappa shape index (κ1) is 8.90. The fourth-order valence-electron chi connectivity index (χ4n) is 1.78. The molecule has 15 heavy (non-hydrogen) atoms. The molecule has 3 rings (SSSR count). The van der Waals surface area contributed by atoms with Crippen LogP contribution in [0.3, 0.4) is 0 Å². The van der Waals surface area contributed by atoms with Crippen LogP contribution in [0.15, 0.2) is 48.5 Å². The highest BCUT2D eigenvalue weighted by Crippen LogP contribution is 2.45. The second-order valence-corrected chi connectivity index (χ2v) is 4.59. The van der Waals surface area contributed by atoms with E-state index in [0.717, 1.165) is 22.2 Å². The Labute approximate surface area is 89.1 Å². The molecule has 0 aromatic heterocycles. The van der Waals surface area contributed by atoms with E-state index in [1.807, 2.05) is 48.5 Å². The summed E-state index contributed by atoms with van der Waals surface area (Å²) in [4.78, 5) is 9.85. The smallest absolute Gasteiger partial charge is 0.262 e. The highest BCUT2D eigenvalue weighted by atomic mass is 31.2. The number of hydrogen-bond acceptors (Lipinski definition) is 2. The predicted molar refractivity (Wildman–Crippen MR) is 61.3 cm³/mol. The molecule has 1 aliphatic rings. The maximum atomic E-state index is 9.85. The van der Waals surface area contributed by atoms with Gasteiger partial charge in [0, 0.05) is 5.56 Å². The Hall–Kier alpha value is -1.37. The maximum Gasteiger partial charge on any atom is 0.262 e. The zero-order valence-corrected chi connectivity index (χ0v) is 8.82. The number of benzene rings is 2. The molecule has 0 fully saturated rings. The molecule has 2 aromatic carbocycles. The lowest BCUT2D eigenvalue weighted by molar-refractivity contribution is 0.498. The molecule has 0 aliphatic carbocycles. The molecule has 3 heteroatoms.